The second-order valence-electron chi connectivity index (χ2n) is 6.57. The Labute approximate surface area is 174 Å². The second-order valence-corrected chi connectivity index (χ2v) is 6.57. The topological polar surface area (TPSA) is 109 Å². The smallest absolute Gasteiger partial charge is 0.295 e. The molecule has 3 rings (SSSR count). The fourth-order valence-electron chi connectivity index (χ4n) is 3.36. The number of likely N-dealkylation sites (tertiary alicyclic amines) is 1. The van der Waals surface area contributed by atoms with E-state index in [9.17, 15) is 14.7 Å². The molecule has 30 heavy (non-hydrogen) atoms. The van der Waals surface area contributed by atoms with Gasteiger partial charge in [-0.3, -0.25) is 14.6 Å². The van der Waals surface area contributed by atoms with Crippen molar-refractivity contribution >= 4 is 17.4 Å². The van der Waals surface area contributed by atoms with Gasteiger partial charge in [0.1, 0.15) is 11.5 Å². The zero-order chi connectivity index (χ0) is 21.5. The lowest BCUT2D eigenvalue weighted by molar-refractivity contribution is -0.140. The van der Waals surface area contributed by atoms with Crippen LogP contribution in [0, 0.1) is 0 Å². The Bertz CT molecular complexity index is 911. The van der Waals surface area contributed by atoms with Gasteiger partial charge in [0.25, 0.3) is 11.7 Å². The molecule has 1 fully saturated rings. The van der Waals surface area contributed by atoms with Crippen LogP contribution in [0.4, 0.5) is 0 Å². The second kappa shape index (κ2) is 10.00. The summed E-state index contributed by atoms with van der Waals surface area (Å²) in [6.07, 6.45) is 3.15. The van der Waals surface area contributed by atoms with Crippen molar-refractivity contribution in [3.63, 3.8) is 0 Å². The maximum absolute atomic E-state index is 12.8. The molecule has 2 heterocycles. The average Bonchev–Trinajstić information content (AvgIpc) is 3.02. The fraction of sp³-hybridized carbons (Fsp3) is 0.318. The van der Waals surface area contributed by atoms with Crippen molar-refractivity contribution in [1.82, 2.24) is 9.88 Å². The summed E-state index contributed by atoms with van der Waals surface area (Å²) in [7, 11) is 0. The number of carbonyl (C=O) groups is 2. The minimum atomic E-state index is -0.789. The molecule has 1 aliphatic heterocycles. The third kappa shape index (κ3) is 4.50. The molecule has 0 unspecified atom stereocenters. The highest BCUT2D eigenvalue weighted by Gasteiger charge is 2.45. The Morgan fingerprint density at radius 1 is 1.17 bits per heavy atom. The maximum Gasteiger partial charge on any atom is 0.295 e. The Morgan fingerprint density at radius 2 is 1.93 bits per heavy atom. The first kappa shape index (κ1) is 21.5. The molecule has 2 N–H and O–H groups in total. The third-order valence-electron chi connectivity index (χ3n) is 4.69. The number of ketones is 1. The molecule has 1 saturated heterocycles. The molecule has 1 aromatic carbocycles. The molecular formula is C22H24N2O6. The van der Waals surface area contributed by atoms with Gasteiger partial charge >= 0.3 is 0 Å². The Morgan fingerprint density at radius 3 is 2.57 bits per heavy atom. The average molecular weight is 412 g/mol. The van der Waals surface area contributed by atoms with Crippen LogP contribution in [0.2, 0.25) is 0 Å². The van der Waals surface area contributed by atoms with Crippen LogP contribution in [-0.4, -0.2) is 64.8 Å². The quantitative estimate of drug-likeness (QED) is 0.280. The summed E-state index contributed by atoms with van der Waals surface area (Å²) < 4.78 is 10.7. The number of rotatable bonds is 9. The van der Waals surface area contributed by atoms with Crippen LogP contribution in [0.1, 0.15) is 24.1 Å². The first-order chi connectivity index (χ1) is 14.6. The van der Waals surface area contributed by atoms with E-state index in [1.54, 1.807) is 48.8 Å². The predicted molar refractivity (Wildman–Crippen MR) is 109 cm³/mol. The molecule has 0 saturated carbocycles. The van der Waals surface area contributed by atoms with Gasteiger partial charge in [-0.25, -0.2) is 0 Å². The van der Waals surface area contributed by atoms with E-state index in [1.807, 2.05) is 6.92 Å². The molecule has 0 bridgehead atoms. The van der Waals surface area contributed by atoms with E-state index < -0.39 is 17.7 Å². The number of Topliss-reactive ketones (excluding diaryl/α,β-unsaturated/α-hetero) is 1. The molecule has 8 heteroatoms. The highest BCUT2D eigenvalue weighted by Crippen LogP contribution is 2.39. The largest absolute Gasteiger partial charge is 0.507 e. The maximum atomic E-state index is 12.8. The van der Waals surface area contributed by atoms with Crippen LogP contribution in [0.25, 0.3) is 5.76 Å². The van der Waals surface area contributed by atoms with Crippen molar-refractivity contribution in [2.75, 3.05) is 33.0 Å². The van der Waals surface area contributed by atoms with Gasteiger partial charge in [0, 0.05) is 24.5 Å². The number of amides is 1. The number of benzene rings is 1. The van der Waals surface area contributed by atoms with Crippen molar-refractivity contribution in [2.45, 2.75) is 13.0 Å². The summed E-state index contributed by atoms with van der Waals surface area (Å²) in [5.74, 6) is -1.11. The van der Waals surface area contributed by atoms with Crippen molar-refractivity contribution in [3.05, 3.63) is 65.5 Å². The number of aliphatic hydroxyl groups excluding tert-OH is 2. The summed E-state index contributed by atoms with van der Waals surface area (Å²) in [5, 5.41) is 19.8. The number of ether oxygens (including phenoxy) is 2. The van der Waals surface area contributed by atoms with Crippen molar-refractivity contribution in [3.8, 4) is 5.75 Å². The summed E-state index contributed by atoms with van der Waals surface area (Å²) in [6.45, 7) is 2.65. The Hall–Kier alpha value is -3.23. The van der Waals surface area contributed by atoms with E-state index in [0.717, 1.165) is 0 Å². The molecule has 1 atom stereocenters. The first-order valence-corrected chi connectivity index (χ1v) is 9.68. The number of aromatic nitrogens is 1. The number of pyridine rings is 1. The normalized spacial score (nSPS) is 18.1. The van der Waals surface area contributed by atoms with Gasteiger partial charge in [0.15, 0.2) is 0 Å². The molecule has 1 amide bonds. The van der Waals surface area contributed by atoms with E-state index >= 15 is 0 Å². The number of carbonyl (C=O) groups excluding carboxylic acids is 2. The van der Waals surface area contributed by atoms with Crippen LogP contribution in [-0.2, 0) is 14.3 Å². The zero-order valence-electron chi connectivity index (χ0n) is 16.7. The number of hydrogen-bond donors (Lipinski definition) is 2. The standard InChI is InChI=1S/C22H24N2O6/c1-2-30-17-7-5-15(6-8-17)20(26)18-19(16-4-3-9-23-14-16)24(22(28)21(18)27)10-12-29-13-11-25/h3-9,14,19,25-26H,2,10-13H2,1H3/t19-/m1/s1. The molecule has 1 aliphatic rings. The molecule has 0 radical (unpaired) electrons. The van der Waals surface area contributed by atoms with Crippen molar-refractivity contribution in [1.29, 1.82) is 0 Å². The SMILES string of the molecule is CCOc1ccc(C(O)=C2C(=O)C(=O)N(CCOCCO)[C@@H]2c2cccnc2)cc1. The van der Waals surface area contributed by atoms with Gasteiger partial charge in [0.05, 0.1) is 38.0 Å². The first-order valence-electron chi connectivity index (χ1n) is 9.68. The number of aliphatic hydroxyl groups is 2. The van der Waals surface area contributed by atoms with E-state index in [-0.39, 0.29) is 37.7 Å². The number of nitrogens with zero attached hydrogens (tertiary/aromatic N) is 2. The van der Waals surface area contributed by atoms with Crippen LogP contribution in [0.15, 0.2) is 54.4 Å². The molecule has 1 aromatic heterocycles. The Balaban J connectivity index is 2.00. The molecule has 0 aliphatic carbocycles. The van der Waals surface area contributed by atoms with E-state index in [1.165, 1.54) is 4.90 Å². The van der Waals surface area contributed by atoms with Gasteiger partial charge in [-0.15, -0.1) is 0 Å². The minimum absolute atomic E-state index is 0.000631. The summed E-state index contributed by atoms with van der Waals surface area (Å²) in [4.78, 5) is 31.0. The lowest BCUT2D eigenvalue weighted by atomic mass is 9.96. The third-order valence-corrected chi connectivity index (χ3v) is 4.69. The summed E-state index contributed by atoms with van der Waals surface area (Å²) in [5.41, 5.74) is 1.01. The van der Waals surface area contributed by atoms with E-state index in [2.05, 4.69) is 4.98 Å². The van der Waals surface area contributed by atoms with Gasteiger partial charge in [-0.05, 0) is 42.8 Å². The van der Waals surface area contributed by atoms with E-state index in [4.69, 9.17) is 14.6 Å². The lowest BCUT2D eigenvalue weighted by Crippen LogP contribution is -2.33. The monoisotopic (exact) mass is 412 g/mol. The fourth-order valence-corrected chi connectivity index (χ4v) is 3.36. The van der Waals surface area contributed by atoms with Crippen LogP contribution < -0.4 is 4.74 Å². The molecular weight excluding hydrogens is 388 g/mol. The molecule has 8 nitrogen and oxygen atoms in total. The van der Waals surface area contributed by atoms with Gasteiger partial charge in [0.2, 0.25) is 0 Å². The summed E-state index contributed by atoms with van der Waals surface area (Å²) >= 11 is 0. The number of hydrogen-bond acceptors (Lipinski definition) is 7. The minimum Gasteiger partial charge on any atom is -0.507 e. The molecule has 2 aromatic rings. The zero-order valence-corrected chi connectivity index (χ0v) is 16.7. The van der Waals surface area contributed by atoms with E-state index in [0.29, 0.717) is 23.5 Å². The van der Waals surface area contributed by atoms with Crippen molar-refractivity contribution < 1.29 is 29.3 Å². The molecule has 158 valence electrons. The van der Waals surface area contributed by atoms with Gasteiger partial charge < -0.3 is 24.6 Å². The van der Waals surface area contributed by atoms with Gasteiger partial charge in [-0.1, -0.05) is 6.07 Å². The summed E-state index contributed by atoms with van der Waals surface area (Å²) in [6, 6.07) is 9.32. The predicted octanol–water partition coefficient (Wildman–Crippen LogP) is 1.91. The Kier molecular flexibility index (Phi) is 7.16. The highest BCUT2D eigenvalue weighted by atomic mass is 16.5. The molecule has 0 spiro atoms. The highest BCUT2D eigenvalue weighted by molar-refractivity contribution is 6.46. The van der Waals surface area contributed by atoms with Crippen LogP contribution in [0.5, 0.6) is 5.75 Å². The van der Waals surface area contributed by atoms with Crippen molar-refractivity contribution in [2.24, 2.45) is 0 Å². The lowest BCUT2D eigenvalue weighted by Gasteiger charge is -2.25. The van der Waals surface area contributed by atoms with Crippen LogP contribution in [0.3, 0.4) is 0 Å². The van der Waals surface area contributed by atoms with Gasteiger partial charge in [-0.2, -0.15) is 0 Å². The van der Waals surface area contributed by atoms with Crippen LogP contribution >= 0.6 is 0 Å².